The van der Waals surface area contributed by atoms with Crippen molar-refractivity contribution in [3.8, 4) is 0 Å². The lowest BCUT2D eigenvalue weighted by molar-refractivity contribution is -0.0875. The number of nitrogens with one attached hydrogen (secondary N) is 1. The molecule has 1 saturated heterocycles. The van der Waals surface area contributed by atoms with Crippen molar-refractivity contribution in [1.29, 1.82) is 0 Å². The Labute approximate surface area is 103 Å². The number of hydrogen-bond acceptors (Lipinski definition) is 4. The van der Waals surface area contributed by atoms with E-state index in [-0.39, 0.29) is 11.6 Å². The SMILES string of the molecule is CNC(Cc1ncnn1C)C1(C)CCCCO1. The Morgan fingerprint density at radius 3 is 2.94 bits per heavy atom. The fourth-order valence-electron chi connectivity index (χ4n) is 2.54. The van der Waals surface area contributed by atoms with E-state index in [1.54, 1.807) is 6.33 Å². The Bertz CT molecular complexity index is 357. The number of hydrogen-bond donors (Lipinski definition) is 1. The summed E-state index contributed by atoms with van der Waals surface area (Å²) < 4.78 is 7.82. The Hall–Kier alpha value is -0.940. The van der Waals surface area contributed by atoms with Crippen LogP contribution < -0.4 is 5.32 Å². The Kier molecular flexibility index (Phi) is 3.79. The van der Waals surface area contributed by atoms with E-state index in [9.17, 15) is 0 Å². The minimum absolute atomic E-state index is 0.0844. The molecule has 0 bridgehead atoms. The molecule has 5 heteroatoms. The van der Waals surface area contributed by atoms with E-state index >= 15 is 0 Å². The minimum atomic E-state index is -0.0844. The smallest absolute Gasteiger partial charge is 0.138 e. The lowest BCUT2D eigenvalue weighted by Gasteiger charge is -2.40. The summed E-state index contributed by atoms with van der Waals surface area (Å²) >= 11 is 0. The summed E-state index contributed by atoms with van der Waals surface area (Å²) in [5.41, 5.74) is -0.0844. The van der Waals surface area contributed by atoms with Gasteiger partial charge in [-0.3, -0.25) is 4.68 Å². The quantitative estimate of drug-likeness (QED) is 0.847. The maximum atomic E-state index is 5.99. The predicted molar refractivity (Wildman–Crippen MR) is 65.8 cm³/mol. The van der Waals surface area contributed by atoms with E-state index in [0.29, 0.717) is 0 Å². The van der Waals surface area contributed by atoms with Gasteiger partial charge in [-0.15, -0.1) is 0 Å². The van der Waals surface area contributed by atoms with Gasteiger partial charge in [-0.25, -0.2) is 4.98 Å². The van der Waals surface area contributed by atoms with Crippen molar-refractivity contribution in [2.45, 2.75) is 44.2 Å². The van der Waals surface area contributed by atoms with Crippen molar-refractivity contribution in [2.24, 2.45) is 7.05 Å². The molecule has 1 aromatic rings. The summed E-state index contributed by atoms with van der Waals surface area (Å²) in [6.45, 7) is 3.07. The summed E-state index contributed by atoms with van der Waals surface area (Å²) in [5.74, 6) is 1.000. The maximum absolute atomic E-state index is 5.99. The van der Waals surface area contributed by atoms with Gasteiger partial charge in [0.25, 0.3) is 0 Å². The molecule has 17 heavy (non-hydrogen) atoms. The average Bonchev–Trinajstić information content (AvgIpc) is 2.72. The molecule has 0 spiro atoms. The number of aromatic nitrogens is 3. The van der Waals surface area contributed by atoms with Crippen LogP contribution in [0.4, 0.5) is 0 Å². The minimum Gasteiger partial charge on any atom is -0.374 e. The van der Waals surface area contributed by atoms with Crippen LogP contribution in [-0.2, 0) is 18.2 Å². The van der Waals surface area contributed by atoms with Crippen molar-refractivity contribution in [2.75, 3.05) is 13.7 Å². The maximum Gasteiger partial charge on any atom is 0.138 e. The highest BCUT2D eigenvalue weighted by atomic mass is 16.5. The topological polar surface area (TPSA) is 52.0 Å². The molecule has 0 radical (unpaired) electrons. The number of likely N-dealkylation sites (N-methyl/N-ethyl adjacent to an activating group) is 1. The van der Waals surface area contributed by atoms with Crippen molar-refractivity contribution in [3.63, 3.8) is 0 Å². The fraction of sp³-hybridized carbons (Fsp3) is 0.833. The zero-order chi connectivity index (χ0) is 12.3. The lowest BCUT2D eigenvalue weighted by Crippen LogP contribution is -2.52. The molecular formula is C12H22N4O. The van der Waals surface area contributed by atoms with Gasteiger partial charge in [0.2, 0.25) is 0 Å². The molecule has 5 nitrogen and oxygen atoms in total. The van der Waals surface area contributed by atoms with Crippen LogP contribution in [-0.4, -0.2) is 40.1 Å². The molecule has 0 amide bonds. The highest BCUT2D eigenvalue weighted by molar-refractivity contribution is 4.98. The van der Waals surface area contributed by atoms with Crippen LogP contribution in [0.2, 0.25) is 0 Å². The molecular weight excluding hydrogens is 216 g/mol. The second-order valence-corrected chi connectivity index (χ2v) is 4.96. The van der Waals surface area contributed by atoms with Gasteiger partial charge in [-0.1, -0.05) is 0 Å². The van der Waals surface area contributed by atoms with Gasteiger partial charge in [0.15, 0.2) is 0 Å². The van der Waals surface area contributed by atoms with Crippen molar-refractivity contribution < 1.29 is 4.74 Å². The Morgan fingerprint density at radius 1 is 1.59 bits per heavy atom. The largest absolute Gasteiger partial charge is 0.374 e. The molecule has 1 aromatic heterocycles. The summed E-state index contributed by atoms with van der Waals surface area (Å²) in [7, 11) is 3.92. The molecule has 0 aliphatic carbocycles. The molecule has 2 unspecified atom stereocenters. The third-order valence-corrected chi connectivity index (χ3v) is 3.78. The monoisotopic (exact) mass is 238 g/mol. The molecule has 2 heterocycles. The van der Waals surface area contributed by atoms with Gasteiger partial charge < -0.3 is 10.1 Å². The summed E-state index contributed by atoms with van der Waals surface area (Å²) in [6.07, 6.45) is 5.98. The third-order valence-electron chi connectivity index (χ3n) is 3.78. The van der Waals surface area contributed by atoms with Gasteiger partial charge in [0, 0.05) is 26.1 Å². The van der Waals surface area contributed by atoms with E-state index in [2.05, 4.69) is 22.3 Å². The van der Waals surface area contributed by atoms with Crippen molar-refractivity contribution in [1.82, 2.24) is 20.1 Å². The third kappa shape index (κ3) is 2.66. The Balaban J connectivity index is 2.08. The van der Waals surface area contributed by atoms with E-state index < -0.39 is 0 Å². The highest BCUT2D eigenvalue weighted by Crippen LogP contribution is 2.29. The first-order valence-corrected chi connectivity index (χ1v) is 6.30. The van der Waals surface area contributed by atoms with Gasteiger partial charge in [0.1, 0.15) is 12.2 Å². The summed E-state index contributed by atoms with van der Waals surface area (Å²) in [6, 6.07) is 0.283. The van der Waals surface area contributed by atoms with Crippen LogP contribution in [0.1, 0.15) is 32.0 Å². The van der Waals surface area contributed by atoms with E-state index in [1.807, 2.05) is 18.8 Å². The fourth-order valence-corrected chi connectivity index (χ4v) is 2.54. The zero-order valence-electron chi connectivity index (χ0n) is 10.9. The van der Waals surface area contributed by atoms with Crippen molar-refractivity contribution in [3.05, 3.63) is 12.2 Å². The lowest BCUT2D eigenvalue weighted by atomic mass is 9.86. The first kappa shape index (κ1) is 12.5. The molecule has 96 valence electrons. The van der Waals surface area contributed by atoms with Crippen LogP contribution in [0.25, 0.3) is 0 Å². The van der Waals surface area contributed by atoms with Crippen LogP contribution in [0.3, 0.4) is 0 Å². The van der Waals surface area contributed by atoms with Gasteiger partial charge >= 0.3 is 0 Å². The molecule has 1 fully saturated rings. The van der Waals surface area contributed by atoms with Crippen LogP contribution in [0.15, 0.2) is 6.33 Å². The van der Waals surface area contributed by atoms with E-state index in [4.69, 9.17) is 4.74 Å². The molecule has 1 aliphatic rings. The number of aryl methyl sites for hydroxylation is 1. The first-order valence-electron chi connectivity index (χ1n) is 6.30. The van der Waals surface area contributed by atoms with Crippen LogP contribution in [0, 0.1) is 0 Å². The zero-order valence-corrected chi connectivity index (χ0v) is 10.9. The number of ether oxygens (including phenoxy) is 1. The van der Waals surface area contributed by atoms with Crippen LogP contribution in [0.5, 0.6) is 0 Å². The highest BCUT2D eigenvalue weighted by Gasteiger charge is 2.36. The molecule has 1 N–H and O–H groups in total. The first-order chi connectivity index (χ1) is 8.15. The average molecular weight is 238 g/mol. The molecule has 2 rings (SSSR count). The summed E-state index contributed by atoms with van der Waals surface area (Å²) in [5, 5.41) is 7.48. The van der Waals surface area contributed by atoms with E-state index in [0.717, 1.165) is 25.3 Å². The Morgan fingerprint density at radius 2 is 2.41 bits per heavy atom. The summed E-state index contributed by atoms with van der Waals surface area (Å²) in [4.78, 5) is 4.29. The van der Waals surface area contributed by atoms with Crippen LogP contribution >= 0.6 is 0 Å². The molecule has 2 atom stereocenters. The number of rotatable bonds is 4. The van der Waals surface area contributed by atoms with Crippen molar-refractivity contribution >= 4 is 0 Å². The molecule has 0 aromatic carbocycles. The van der Waals surface area contributed by atoms with Gasteiger partial charge in [-0.2, -0.15) is 5.10 Å². The molecule has 0 saturated carbocycles. The number of nitrogens with zero attached hydrogens (tertiary/aromatic N) is 3. The predicted octanol–water partition coefficient (Wildman–Crippen LogP) is 0.905. The molecule has 1 aliphatic heterocycles. The standard InChI is InChI=1S/C12H22N4O/c1-12(6-4-5-7-17-12)10(13-2)8-11-14-9-15-16(11)3/h9-10,13H,4-8H2,1-3H3. The second-order valence-electron chi connectivity index (χ2n) is 4.96. The normalized spacial score (nSPS) is 27.0. The second kappa shape index (κ2) is 5.14. The van der Waals surface area contributed by atoms with E-state index in [1.165, 1.54) is 12.8 Å². The van der Waals surface area contributed by atoms with Gasteiger partial charge in [-0.05, 0) is 33.2 Å². The van der Waals surface area contributed by atoms with Gasteiger partial charge in [0.05, 0.1) is 5.60 Å².